The van der Waals surface area contributed by atoms with Gasteiger partial charge in [0.1, 0.15) is 0 Å². The Morgan fingerprint density at radius 2 is 2.14 bits per heavy atom. The number of anilines is 1. The second kappa shape index (κ2) is 7.07. The molecule has 2 aromatic heterocycles. The third kappa shape index (κ3) is 3.24. The molecule has 0 saturated carbocycles. The monoisotopic (exact) mass is 378 g/mol. The number of allylic oxidation sites excluding steroid dienone is 3. The Morgan fingerprint density at radius 3 is 2.82 bits per heavy atom. The predicted octanol–water partition coefficient (Wildman–Crippen LogP) is 2.15. The van der Waals surface area contributed by atoms with Crippen LogP contribution < -0.4 is 15.6 Å². The van der Waals surface area contributed by atoms with E-state index >= 15 is 0 Å². The minimum absolute atomic E-state index is 0.0994. The lowest BCUT2D eigenvalue weighted by Gasteiger charge is -2.33. The van der Waals surface area contributed by atoms with E-state index in [1.807, 2.05) is 45.4 Å². The molecule has 2 aromatic rings. The van der Waals surface area contributed by atoms with E-state index in [1.54, 1.807) is 10.9 Å². The fraction of sp³-hybridized carbons (Fsp3) is 0.333. The summed E-state index contributed by atoms with van der Waals surface area (Å²) in [4.78, 5) is 29.1. The SMILES string of the molecule is CC1=C(C(=O)Nc2ccc(C)c[nH+]2)C(c2cnn(C)c2)C2=C(CCCC2=O)N1. The number of pyridine rings is 1. The molecular formula is C21H24N5O2+. The number of aromatic nitrogens is 3. The first-order chi connectivity index (χ1) is 13.4. The largest absolute Gasteiger partial charge is 0.362 e. The number of dihydropyridines is 1. The summed E-state index contributed by atoms with van der Waals surface area (Å²) in [5, 5.41) is 10.5. The highest BCUT2D eigenvalue weighted by Gasteiger charge is 2.40. The Hall–Kier alpha value is -3.22. The normalized spacial score (nSPS) is 19.4. The van der Waals surface area contributed by atoms with Gasteiger partial charge in [-0.3, -0.25) is 9.48 Å². The average Bonchev–Trinajstić information content (AvgIpc) is 3.08. The molecule has 3 N–H and O–H groups in total. The highest BCUT2D eigenvalue weighted by atomic mass is 16.2. The highest BCUT2D eigenvalue weighted by molar-refractivity contribution is 6.09. The number of amides is 1. The third-order valence-electron chi connectivity index (χ3n) is 5.30. The van der Waals surface area contributed by atoms with Gasteiger partial charge in [-0.2, -0.15) is 5.10 Å². The van der Waals surface area contributed by atoms with E-state index < -0.39 is 5.92 Å². The van der Waals surface area contributed by atoms with E-state index in [9.17, 15) is 9.59 Å². The zero-order valence-electron chi connectivity index (χ0n) is 16.3. The number of hydrogen-bond donors (Lipinski definition) is 2. The van der Waals surface area contributed by atoms with Crippen LogP contribution in [0.1, 0.15) is 43.2 Å². The molecule has 2 aliphatic rings. The van der Waals surface area contributed by atoms with Crippen molar-refractivity contribution in [3.8, 4) is 0 Å². The highest BCUT2D eigenvalue weighted by Crippen LogP contribution is 2.42. The summed E-state index contributed by atoms with van der Waals surface area (Å²) in [6, 6.07) is 3.76. The van der Waals surface area contributed by atoms with Crippen LogP contribution in [0.15, 0.2) is 53.3 Å². The molecule has 0 saturated heterocycles. The Labute approximate surface area is 163 Å². The molecule has 7 nitrogen and oxygen atoms in total. The van der Waals surface area contributed by atoms with Gasteiger partial charge in [-0.05, 0) is 38.3 Å². The molecule has 28 heavy (non-hydrogen) atoms. The zero-order valence-corrected chi connectivity index (χ0v) is 16.3. The summed E-state index contributed by atoms with van der Waals surface area (Å²) in [7, 11) is 1.83. The van der Waals surface area contributed by atoms with Crippen LogP contribution in [0.4, 0.5) is 5.82 Å². The van der Waals surface area contributed by atoms with Crippen molar-refractivity contribution in [3.63, 3.8) is 0 Å². The number of aromatic amines is 1. The van der Waals surface area contributed by atoms with Gasteiger partial charge in [-0.15, -0.1) is 0 Å². The van der Waals surface area contributed by atoms with Crippen molar-refractivity contribution in [1.29, 1.82) is 0 Å². The molecule has 1 aliphatic heterocycles. The second-order valence-corrected chi connectivity index (χ2v) is 7.45. The number of ketones is 1. The number of nitrogens with one attached hydrogen (secondary N) is 3. The maximum absolute atomic E-state index is 13.2. The first kappa shape index (κ1) is 18.2. The number of aryl methyl sites for hydroxylation is 2. The van der Waals surface area contributed by atoms with Crippen molar-refractivity contribution in [2.24, 2.45) is 7.05 Å². The van der Waals surface area contributed by atoms with Gasteiger partial charge in [0.05, 0.1) is 23.9 Å². The molecule has 4 rings (SSSR count). The van der Waals surface area contributed by atoms with Crippen molar-refractivity contribution in [1.82, 2.24) is 15.1 Å². The summed E-state index contributed by atoms with van der Waals surface area (Å²) in [5.74, 6) is 0.0602. The summed E-state index contributed by atoms with van der Waals surface area (Å²) in [6.45, 7) is 3.86. The number of carbonyl (C=O) groups excluding carboxylic acids is 2. The van der Waals surface area contributed by atoms with Gasteiger partial charge in [0.2, 0.25) is 0 Å². The molecule has 1 aliphatic carbocycles. The third-order valence-corrected chi connectivity index (χ3v) is 5.30. The van der Waals surface area contributed by atoms with E-state index in [0.29, 0.717) is 23.4 Å². The fourth-order valence-electron chi connectivity index (χ4n) is 3.98. The van der Waals surface area contributed by atoms with E-state index in [4.69, 9.17) is 0 Å². The van der Waals surface area contributed by atoms with Crippen LogP contribution in [0.25, 0.3) is 0 Å². The molecule has 0 spiro atoms. The number of rotatable bonds is 3. The van der Waals surface area contributed by atoms with Crippen molar-refractivity contribution in [2.75, 3.05) is 5.32 Å². The summed E-state index contributed by atoms with van der Waals surface area (Å²) in [6.07, 6.45) is 7.60. The maximum Gasteiger partial charge on any atom is 0.337 e. The number of H-pyrrole nitrogens is 1. The lowest BCUT2D eigenvalue weighted by Crippen LogP contribution is -2.36. The van der Waals surface area contributed by atoms with E-state index in [1.165, 1.54) is 0 Å². The molecule has 1 atom stereocenters. The Balaban J connectivity index is 1.76. The topological polar surface area (TPSA) is 90.2 Å². The lowest BCUT2D eigenvalue weighted by atomic mass is 9.76. The van der Waals surface area contributed by atoms with E-state index in [-0.39, 0.29) is 11.7 Å². The molecule has 7 heteroatoms. The van der Waals surface area contributed by atoms with Crippen LogP contribution in [-0.2, 0) is 16.6 Å². The van der Waals surface area contributed by atoms with E-state index in [2.05, 4.69) is 20.7 Å². The van der Waals surface area contributed by atoms with Crippen LogP contribution in [0.3, 0.4) is 0 Å². The van der Waals surface area contributed by atoms with Gasteiger partial charge in [0.25, 0.3) is 5.82 Å². The maximum atomic E-state index is 13.2. The summed E-state index contributed by atoms with van der Waals surface area (Å²) < 4.78 is 1.70. The summed E-state index contributed by atoms with van der Waals surface area (Å²) >= 11 is 0. The van der Waals surface area contributed by atoms with Gasteiger partial charge in [0.15, 0.2) is 5.78 Å². The number of nitrogens with zero attached hydrogens (tertiary/aromatic N) is 2. The smallest absolute Gasteiger partial charge is 0.337 e. The minimum atomic E-state index is -0.414. The second-order valence-electron chi connectivity index (χ2n) is 7.45. The lowest BCUT2D eigenvalue weighted by molar-refractivity contribution is -0.361. The first-order valence-electron chi connectivity index (χ1n) is 9.46. The van der Waals surface area contributed by atoms with Gasteiger partial charge in [-0.1, -0.05) is 0 Å². The molecule has 1 unspecified atom stereocenters. The Bertz CT molecular complexity index is 1010. The molecule has 3 heterocycles. The van der Waals surface area contributed by atoms with E-state index in [0.717, 1.165) is 35.4 Å². The minimum Gasteiger partial charge on any atom is -0.362 e. The van der Waals surface area contributed by atoms with Crippen molar-refractivity contribution >= 4 is 17.5 Å². The van der Waals surface area contributed by atoms with Crippen molar-refractivity contribution in [2.45, 2.75) is 39.0 Å². The zero-order chi connectivity index (χ0) is 19.8. The molecular weight excluding hydrogens is 354 g/mol. The fourth-order valence-corrected chi connectivity index (χ4v) is 3.98. The number of hydrogen-bond acceptors (Lipinski definition) is 4. The van der Waals surface area contributed by atoms with Crippen LogP contribution >= 0.6 is 0 Å². The van der Waals surface area contributed by atoms with Crippen molar-refractivity contribution in [3.05, 3.63) is 64.4 Å². The predicted molar refractivity (Wildman–Crippen MR) is 104 cm³/mol. The van der Waals surface area contributed by atoms with Gasteiger partial charge >= 0.3 is 5.91 Å². The van der Waals surface area contributed by atoms with Crippen LogP contribution in [0, 0.1) is 6.92 Å². The van der Waals surface area contributed by atoms with Gasteiger partial charge < -0.3 is 5.32 Å². The number of carbonyl (C=O) groups is 2. The molecule has 1 amide bonds. The van der Waals surface area contributed by atoms with Crippen LogP contribution in [-0.4, -0.2) is 21.5 Å². The first-order valence-corrected chi connectivity index (χ1v) is 9.46. The molecule has 0 bridgehead atoms. The Kier molecular flexibility index (Phi) is 4.58. The number of Topliss-reactive ketones (excluding diaryl/α,β-unsaturated/α-hetero) is 1. The Morgan fingerprint density at radius 1 is 1.32 bits per heavy atom. The van der Waals surface area contributed by atoms with Gasteiger partial charge in [-0.25, -0.2) is 15.1 Å². The van der Waals surface area contributed by atoms with Crippen molar-refractivity contribution < 1.29 is 14.6 Å². The standard InChI is InChI=1S/C21H23N5O2/c1-12-7-8-17(22-9-12)25-21(28)18-13(2)24-15-5-4-6-16(27)20(15)19(18)14-10-23-26(3)11-14/h7-11,19,24H,4-6H2,1-3H3,(H,22,25,28)/p+1. The van der Waals surface area contributed by atoms with Crippen LogP contribution in [0.5, 0.6) is 0 Å². The summed E-state index contributed by atoms with van der Waals surface area (Å²) in [5.41, 5.74) is 4.87. The molecule has 144 valence electrons. The average molecular weight is 378 g/mol. The van der Waals surface area contributed by atoms with Crippen LogP contribution in [0.2, 0.25) is 0 Å². The van der Waals surface area contributed by atoms with Gasteiger partial charge in [0, 0.05) is 48.3 Å². The molecule has 0 radical (unpaired) electrons. The molecule has 0 aromatic carbocycles. The molecule has 0 fully saturated rings. The quantitative estimate of drug-likeness (QED) is 0.856.